The fourth-order valence-electron chi connectivity index (χ4n) is 2.63. The lowest BCUT2D eigenvalue weighted by molar-refractivity contribution is -0.134. The number of carbonyl (C=O) groups excluding carboxylic acids is 2. The second-order valence-corrected chi connectivity index (χ2v) is 5.89. The molecule has 0 amide bonds. The summed E-state index contributed by atoms with van der Waals surface area (Å²) in [6.45, 7) is 6.64. The van der Waals surface area contributed by atoms with Crippen LogP contribution in [0.2, 0.25) is 0 Å². The van der Waals surface area contributed by atoms with Crippen LogP contribution in [0.3, 0.4) is 0 Å². The normalized spacial score (nSPS) is 11.2. The number of ether oxygens (including phenoxy) is 2. The van der Waals surface area contributed by atoms with Crippen LogP contribution in [-0.2, 0) is 9.59 Å². The highest BCUT2D eigenvalue weighted by molar-refractivity contribution is 6.12. The van der Waals surface area contributed by atoms with E-state index in [0.717, 1.165) is 11.2 Å². The SMILES string of the molecule is CC(=O)Oc1c(OC(C)=O)c2[nH]c(C(C)C)nc2c2ccccc12. The van der Waals surface area contributed by atoms with Crippen LogP contribution in [0.4, 0.5) is 0 Å². The van der Waals surface area contributed by atoms with Crippen LogP contribution in [0, 0.1) is 0 Å². The van der Waals surface area contributed by atoms with E-state index in [1.54, 1.807) is 0 Å². The third kappa shape index (κ3) is 2.71. The van der Waals surface area contributed by atoms with E-state index in [2.05, 4.69) is 9.97 Å². The monoisotopic (exact) mass is 326 g/mol. The molecule has 0 atom stereocenters. The van der Waals surface area contributed by atoms with E-state index in [9.17, 15) is 9.59 Å². The Labute approximate surface area is 138 Å². The molecule has 2 aromatic carbocycles. The molecule has 124 valence electrons. The molecular weight excluding hydrogens is 308 g/mol. The lowest BCUT2D eigenvalue weighted by atomic mass is 10.1. The number of carbonyl (C=O) groups is 2. The van der Waals surface area contributed by atoms with Crippen molar-refractivity contribution >= 4 is 33.7 Å². The average molecular weight is 326 g/mol. The Balaban J connectivity index is 2.46. The summed E-state index contributed by atoms with van der Waals surface area (Å²) in [5.41, 5.74) is 1.23. The van der Waals surface area contributed by atoms with E-state index in [1.165, 1.54) is 13.8 Å². The van der Waals surface area contributed by atoms with Crippen LogP contribution in [0.1, 0.15) is 39.4 Å². The number of imidazole rings is 1. The van der Waals surface area contributed by atoms with Crippen molar-refractivity contribution in [3.8, 4) is 11.5 Å². The molecule has 1 aromatic heterocycles. The number of esters is 2. The zero-order chi connectivity index (χ0) is 17.4. The van der Waals surface area contributed by atoms with Crippen molar-refractivity contribution in [2.24, 2.45) is 0 Å². The zero-order valence-corrected chi connectivity index (χ0v) is 14.0. The second-order valence-electron chi connectivity index (χ2n) is 5.89. The van der Waals surface area contributed by atoms with E-state index in [-0.39, 0.29) is 17.4 Å². The van der Waals surface area contributed by atoms with Gasteiger partial charge in [0.15, 0.2) is 11.5 Å². The molecule has 0 saturated heterocycles. The summed E-state index contributed by atoms with van der Waals surface area (Å²) >= 11 is 0. The second kappa shape index (κ2) is 5.96. The van der Waals surface area contributed by atoms with Crippen LogP contribution in [0.5, 0.6) is 11.5 Å². The summed E-state index contributed by atoms with van der Waals surface area (Å²) in [5, 5.41) is 1.49. The first-order valence-electron chi connectivity index (χ1n) is 7.69. The minimum absolute atomic E-state index is 0.165. The maximum atomic E-state index is 11.6. The highest BCUT2D eigenvalue weighted by atomic mass is 16.6. The molecule has 0 saturated carbocycles. The number of nitrogens with zero attached hydrogens (tertiary/aromatic N) is 1. The molecule has 1 heterocycles. The lowest BCUT2D eigenvalue weighted by Crippen LogP contribution is -2.08. The summed E-state index contributed by atoms with van der Waals surface area (Å²) in [4.78, 5) is 31.0. The van der Waals surface area contributed by atoms with Gasteiger partial charge >= 0.3 is 11.9 Å². The van der Waals surface area contributed by atoms with Crippen molar-refractivity contribution in [3.05, 3.63) is 30.1 Å². The number of aromatic amines is 1. The molecule has 6 nitrogen and oxygen atoms in total. The Morgan fingerprint density at radius 3 is 2.17 bits per heavy atom. The Morgan fingerprint density at radius 1 is 1.00 bits per heavy atom. The summed E-state index contributed by atoms with van der Waals surface area (Å²) < 4.78 is 10.7. The summed E-state index contributed by atoms with van der Waals surface area (Å²) in [7, 11) is 0. The van der Waals surface area contributed by atoms with Crippen LogP contribution < -0.4 is 9.47 Å². The number of hydrogen-bond acceptors (Lipinski definition) is 5. The molecule has 0 aliphatic carbocycles. The lowest BCUT2D eigenvalue weighted by Gasteiger charge is -2.12. The number of benzene rings is 2. The predicted molar refractivity (Wildman–Crippen MR) is 90.3 cm³/mol. The quantitative estimate of drug-likeness (QED) is 0.586. The standard InChI is InChI=1S/C18H18N2O4/c1-9(2)18-19-14-12-7-5-6-8-13(12)16(23-10(3)21)17(15(14)20-18)24-11(4)22/h5-9H,1-4H3,(H,19,20). The van der Waals surface area contributed by atoms with Crippen molar-refractivity contribution in [2.75, 3.05) is 0 Å². The van der Waals surface area contributed by atoms with E-state index in [4.69, 9.17) is 9.47 Å². The number of aromatic nitrogens is 2. The molecule has 0 bridgehead atoms. The van der Waals surface area contributed by atoms with Gasteiger partial charge in [-0.3, -0.25) is 9.59 Å². The molecule has 0 aliphatic heterocycles. The highest BCUT2D eigenvalue weighted by Crippen LogP contribution is 2.43. The molecular formula is C18H18N2O4. The summed E-state index contributed by atoms with van der Waals surface area (Å²) in [6.07, 6.45) is 0. The molecule has 3 aromatic rings. The van der Waals surface area contributed by atoms with Gasteiger partial charge in [-0.05, 0) is 0 Å². The summed E-state index contributed by atoms with van der Waals surface area (Å²) in [6, 6.07) is 7.42. The molecule has 0 fully saturated rings. The molecule has 24 heavy (non-hydrogen) atoms. The van der Waals surface area contributed by atoms with Crippen LogP contribution >= 0.6 is 0 Å². The van der Waals surface area contributed by atoms with Crippen molar-refractivity contribution in [3.63, 3.8) is 0 Å². The maximum Gasteiger partial charge on any atom is 0.308 e. The molecule has 1 N–H and O–H groups in total. The van der Waals surface area contributed by atoms with Gasteiger partial charge in [0.2, 0.25) is 0 Å². The van der Waals surface area contributed by atoms with Gasteiger partial charge in [-0.25, -0.2) is 4.98 Å². The van der Waals surface area contributed by atoms with E-state index in [0.29, 0.717) is 16.4 Å². The Bertz CT molecular complexity index is 956. The van der Waals surface area contributed by atoms with Gasteiger partial charge < -0.3 is 14.5 Å². The van der Waals surface area contributed by atoms with Gasteiger partial charge in [-0.1, -0.05) is 38.1 Å². The van der Waals surface area contributed by atoms with E-state index >= 15 is 0 Å². The van der Waals surface area contributed by atoms with Gasteiger partial charge in [-0.15, -0.1) is 0 Å². The number of fused-ring (bicyclic) bond motifs is 3. The third-order valence-corrected chi connectivity index (χ3v) is 3.62. The number of H-pyrrole nitrogens is 1. The molecule has 0 aliphatic rings. The number of nitrogens with one attached hydrogen (secondary N) is 1. The third-order valence-electron chi connectivity index (χ3n) is 3.62. The smallest absolute Gasteiger partial charge is 0.308 e. The minimum atomic E-state index is -0.499. The molecule has 0 radical (unpaired) electrons. The van der Waals surface area contributed by atoms with Crippen LogP contribution in [-0.4, -0.2) is 21.9 Å². The first-order chi connectivity index (χ1) is 11.4. The van der Waals surface area contributed by atoms with E-state index < -0.39 is 11.9 Å². The molecule has 6 heteroatoms. The maximum absolute atomic E-state index is 11.6. The van der Waals surface area contributed by atoms with Gasteiger partial charge in [0.1, 0.15) is 16.9 Å². The Hall–Kier alpha value is -2.89. The fourth-order valence-corrected chi connectivity index (χ4v) is 2.63. The minimum Gasteiger partial charge on any atom is -0.422 e. The van der Waals surface area contributed by atoms with Crippen LogP contribution in [0.15, 0.2) is 24.3 Å². The molecule has 0 unspecified atom stereocenters. The topological polar surface area (TPSA) is 81.3 Å². The first-order valence-corrected chi connectivity index (χ1v) is 7.69. The molecule has 3 rings (SSSR count). The zero-order valence-electron chi connectivity index (χ0n) is 14.0. The van der Waals surface area contributed by atoms with Crippen LogP contribution in [0.25, 0.3) is 21.8 Å². The first kappa shape index (κ1) is 16.0. The van der Waals surface area contributed by atoms with Gasteiger partial charge in [-0.2, -0.15) is 0 Å². The van der Waals surface area contributed by atoms with Crippen molar-refractivity contribution in [1.29, 1.82) is 0 Å². The molecule has 0 spiro atoms. The fraction of sp³-hybridized carbons (Fsp3) is 0.278. The average Bonchev–Trinajstić information content (AvgIpc) is 2.95. The van der Waals surface area contributed by atoms with E-state index in [1.807, 2.05) is 38.1 Å². The van der Waals surface area contributed by atoms with Gasteiger partial charge in [0.05, 0.1) is 0 Å². The van der Waals surface area contributed by atoms with Crippen molar-refractivity contribution in [1.82, 2.24) is 9.97 Å². The Morgan fingerprint density at radius 2 is 1.58 bits per heavy atom. The largest absolute Gasteiger partial charge is 0.422 e. The number of rotatable bonds is 3. The summed E-state index contributed by atoms with van der Waals surface area (Å²) in [5.74, 6) is 0.352. The Kier molecular flexibility index (Phi) is 3.97. The van der Waals surface area contributed by atoms with Gasteiger partial charge in [0, 0.05) is 30.5 Å². The predicted octanol–water partition coefficient (Wildman–Crippen LogP) is 3.69. The number of hydrogen-bond donors (Lipinski definition) is 1. The van der Waals surface area contributed by atoms with Crippen molar-refractivity contribution in [2.45, 2.75) is 33.6 Å². The van der Waals surface area contributed by atoms with Gasteiger partial charge in [0.25, 0.3) is 0 Å². The highest BCUT2D eigenvalue weighted by Gasteiger charge is 2.23. The van der Waals surface area contributed by atoms with Crippen molar-refractivity contribution < 1.29 is 19.1 Å².